The second-order valence-corrected chi connectivity index (χ2v) is 6.29. The molecule has 1 aromatic heterocycles. The minimum Gasteiger partial charge on any atom is -0.308 e. The van der Waals surface area contributed by atoms with Gasteiger partial charge in [-0.1, -0.05) is 13.8 Å². The highest BCUT2D eigenvalue weighted by Crippen LogP contribution is 2.13. The van der Waals surface area contributed by atoms with E-state index >= 15 is 0 Å². The lowest BCUT2D eigenvalue weighted by Crippen LogP contribution is -2.43. The predicted molar refractivity (Wildman–Crippen MR) is 76.9 cm³/mol. The van der Waals surface area contributed by atoms with Crippen LogP contribution in [-0.2, 0) is 13.1 Å². The first-order valence-corrected chi connectivity index (χ1v) is 7.59. The van der Waals surface area contributed by atoms with Crippen molar-refractivity contribution in [3.8, 4) is 0 Å². The van der Waals surface area contributed by atoms with Gasteiger partial charge < -0.3 is 10.2 Å². The number of aromatic nitrogens is 1. The topological polar surface area (TPSA) is 31.4 Å². The third-order valence-corrected chi connectivity index (χ3v) is 4.14. The van der Waals surface area contributed by atoms with Crippen LogP contribution < -0.4 is 5.32 Å². The van der Waals surface area contributed by atoms with Gasteiger partial charge in [0.25, 0.3) is 0 Å². The van der Waals surface area contributed by atoms with Gasteiger partial charge in [-0.05, 0) is 7.05 Å². The molecule has 1 aliphatic rings. The first kappa shape index (κ1) is 13.9. The third kappa shape index (κ3) is 4.31. The van der Waals surface area contributed by atoms with Gasteiger partial charge in [0.2, 0.25) is 0 Å². The summed E-state index contributed by atoms with van der Waals surface area (Å²) in [4.78, 5) is 9.58. The van der Waals surface area contributed by atoms with Crippen LogP contribution in [0.5, 0.6) is 0 Å². The number of hydrogen-bond donors (Lipinski definition) is 1. The Morgan fingerprint density at radius 2 is 2.06 bits per heavy atom. The molecule has 1 fully saturated rings. The molecule has 0 bridgehead atoms. The highest BCUT2D eigenvalue weighted by Gasteiger charge is 2.15. The number of thiazole rings is 1. The van der Waals surface area contributed by atoms with Gasteiger partial charge in [0.15, 0.2) is 0 Å². The van der Waals surface area contributed by atoms with Crippen LogP contribution in [0, 0.1) is 0 Å². The number of likely N-dealkylation sites (N-methyl/N-ethyl adjacent to an activating group) is 1. The van der Waals surface area contributed by atoms with E-state index in [1.807, 2.05) is 0 Å². The lowest BCUT2D eigenvalue weighted by atomic mass is 10.3. The van der Waals surface area contributed by atoms with Gasteiger partial charge in [0.05, 0.1) is 5.69 Å². The fraction of sp³-hybridized carbons (Fsp3) is 0.769. The monoisotopic (exact) mass is 268 g/mol. The predicted octanol–water partition coefficient (Wildman–Crippen LogP) is 1.39. The first-order chi connectivity index (χ1) is 8.63. The van der Waals surface area contributed by atoms with Crippen molar-refractivity contribution in [1.29, 1.82) is 0 Å². The summed E-state index contributed by atoms with van der Waals surface area (Å²) in [7, 11) is 2.19. The normalized spacial score (nSPS) is 18.7. The zero-order valence-corrected chi connectivity index (χ0v) is 12.5. The van der Waals surface area contributed by atoms with Crippen LogP contribution in [0.15, 0.2) is 5.38 Å². The molecule has 0 unspecified atom stereocenters. The Morgan fingerprint density at radius 1 is 1.33 bits per heavy atom. The van der Waals surface area contributed by atoms with Crippen LogP contribution in [0.2, 0.25) is 0 Å². The Labute approximate surface area is 114 Å². The number of rotatable bonds is 5. The van der Waals surface area contributed by atoms with Crippen LogP contribution in [0.25, 0.3) is 0 Å². The van der Waals surface area contributed by atoms with Crippen LogP contribution in [-0.4, -0.2) is 54.1 Å². The Hall–Kier alpha value is -0.490. The number of hydrogen-bond acceptors (Lipinski definition) is 5. The minimum absolute atomic E-state index is 0.523. The summed E-state index contributed by atoms with van der Waals surface area (Å²) in [5.74, 6) is 0. The van der Waals surface area contributed by atoms with Crippen molar-refractivity contribution < 1.29 is 0 Å². The molecule has 4 nitrogen and oxygen atoms in total. The van der Waals surface area contributed by atoms with Gasteiger partial charge >= 0.3 is 0 Å². The van der Waals surface area contributed by atoms with Crippen LogP contribution in [0.1, 0.15) is 24.5 Å². The highest BCUT2D eigenvalue weighted by atomic mass is 32.1. The van der Waals surface area contributed by atoms with E-state index in [1.54, 1.807) is 11.3 Å². The standard InChI is InChI=1S/C13H24N4S/c1-11(2)14-8-13-15-12(10-18-13)9-17-6-4-16(3)5-7-17/h10-11,14H,4-9H2,1-3H3. The summed E-state index contributed by atoms with van der Waals surface area (Å²) in [6.45, 7) is 10.9. The van der Waals surface area contributed by atoms with E-state index < -0.39 is 0 Å². The summed E-state index contributed by atoms with van der Waals surface area (Å²) in [6.07, 6.45) is 0. The maximum Gasteiger partial charge on any atom is 0.107 e. The molecule has 2 rings (SSSR count). The summed E-state index contributed by atoms with van der Waals surface area (Å²) in [5, 5.41) is 6.82. The van der Waals surface area contributed by atoms with E-state index in [0.717, 1.165) is 26.2 Å². The molecule has 1 aromatic rings. The summed E-state index contributed by atoms with van der Waals surface area (Å²) in [5.41, 5.74) is 1.23. The summed E-state index contributed by atoms with van der Waals surface area (Å²) in [6, 6.07) is 0.523. The molecule has 0 amide bonds. The van der Waals surface area contributed by atoms with Gasteiger partial charge in [-0.3, -0.25) is 4.90 Å². The second kappa shape index (κ2) is 6.61. The third-order valence-electron chi connectivity index (χ3n) is 3.24. The molecule has 18 heavy (non-hydrogen) atoms. The lowest BCUT2D eigenvalue weighted by Gasteiger charge is -2.31. The number of nitrogens with zero attached hydrogens (tertiary/aromatic N) is 3. The average Bonchev–Trinajstić information content (AvgIpc) is 2.77. The maximum atomic E-state index is 4.70. The van der Waals surface area contributed by atoms with Crippen molar-refractivity contribution in [3.05, 3.63) is 16.1 Å². The Kier molecular flexibility index (Phi) is 5.12. The molecular formula is C13H24N4S. The SMILES string of the molecule is CC(C)NCc1nc(CN2CCN(C)CC2)cs1. The molecule has 0 radical (unpaired) electrons. The van der Waals surface area contributed by atoms with E-state index in [1.165, 1.54) is 23.8 Å². The molecule has 0 saturated carbocycles. The highest BCUT2D eigenvalue weighted by molar-refractivity contribution is 7.09. The van der Waals surface area contributed by atoms with Crippen molar-refractivity contribution in [3.63, 3.8) is 0 Å². The quantitative estimate of drug-likeness (QED) is 0.874. The van der Waals surface area contributed by atoms with E-state index in [0.29, 0.717) is 6.04 Å². The van der Waals surface area contributed by atoms with Crippen molar-refractivity contribution in [2.24, 2.45) is 0 Å². The molecule has 0 spiro atoms. The second-order valence-electron chi connectivity index (χ2n) is 5.35. The smallest absolute Gasteiger partial charge is 0.107 e. The molecule has 0 aromatic carbocycles. The molecular weight excluding hydrogens is 244 g/mol. The zero-order valence-electron chi connectivity index (χ0n) is 11.6. The molecule has 1 aliphatic heterocycles. The fourth-order valence-electron chi connectivity index (χ4n) is 2.03. The Balaban J connectivity index is 1.79. The largest absolute Gasteiger partial charge is 0.308 e. The van der Waals surface area contributed by atoms with Crippen molar-refractivity contribution in [1.82, 2.24) is 20.1 Å². The first-order valence-electron chi connectivity index (χ1n) is 6.71. The molecule has 1 saturated heterocycles. The molecule has 102 valence electrons. The van der Waals surface area contributed by atoms with Gasteiger partial charge in [-0.15, -0.1) is 11.3 Å². The molecule has 2 heterocycles. The van der Waals surface area contributed by atoms with Crippen LogP contribution in [0.4, 0.5) is 0 Å². The number of nitrogens with one attached hydrogen (secondary N) is 1. The fourth-order valence-corrected chi connectivity index (χ4v) is 2.77. The summed E-state index contributed by atoms with van der Waals surface area (Å²) >= 11 is 1.77. The van der Waals surface area contributed by atoms with Gasteiger partial charge in [-0.25, -0.2) is 4.98 Å². The van der Waals surface area contributed by atoms with Gasteiger partial charge in [0, 0.05) is 50.7 Å². The molecule has 5 heteroatoms. The van der Waals surface area contributed by atoms with Gasteiger partial charge in [-0.2, -0.15) is 0 Å². The van der Waals surface area contributed by atoms with E-state index in [9.17, 15) is 0 Å². The van der Waals surface area contributed by atoms with Crippen LogP contribution in [0.3, 0.4) is 0 Å². The summed E-state index contributed by atoms with van der Waals surface area (Å²) < 4.78 is 0. The zero-order chi connectivity index (χ0) is 13.0. The molecule has 0 atom stereocenters. The molecule has 1 N–H and O–H groups in total. The van der Waals surface area contributed by atoms with E-state index in [4.69, 9.17) is 4.98 Å². The lowest BCUT2D eigenvalue weighted by molar-refractivity contribution is 0.147. The van der Waals surface area contributed by atoms with E-state index in [2.05, 4.69) is 41.4 Å². The Bertz CT molecular complexity index is 356. The molecule has 0 aliphatic carbocycles. The van der Waals surface area contributed by atoms with Crippen LogP contribution >= 0.6 is 11.3 Å². The van der Waals surface area contributed by atoms with E-state index in [-0.39, 0.29) is 0 Å². The average molecular weight is 268 g/mol. The van der Waals surface area contributed by atoms with Crippen molar-refractivity contribution in [2.75, 3.05) is 33.2 Å². The van der Waals surface area contributed by atoms with Crippen molar-refractivity contribution in [2.45, 2.75) is 33.0 Å². The van der Waals surface area contributed by atoms with Crippen molar-refractivity contribution >= 4 is 11.3 Å². The number of piperazine rings is 1. The van der Waals surface area contributed by atoms with Gasteiger partial charge in [0.1, 0.15) is 5.01 Å². The Morgan fingerprint density at radius 3 is 2.72 bits per heavy atom. The minimum atomic E-state index is 0.523. The maximum absolute atomic E-state index is 4.70.